The number of likely N-dealkylation sites (N-methyl/N-ethyl adjacent to an activating group) is 1. The van der Waals surface area contributed by atoms with E-state index in [0.29, 0.717) is 0 Å². The van der Waals surface area contributed by atoms with E-state index in [1.807, 2.05) is 0 Å². The lowest BCUT2D eigenvalue weighted by Gasteiger charge is -2.11. The molecule has 23 heavy (non-hydrogen) atoms. The first kappa shape index (κ1) is 5.78. The molecule has 4 nitrogen and oxygen atoms in total. The first-order valence-corrected chi connectivity index (χ1v) is 6.55. The summed E-state index contributed by atoms with van der Waals surface area (Å²) >= 11 is 0. The summed E-state index contributed by atoms with van der Waals surface area (Å²) in [7, 11) is 0. The van der Waals surface area contributed by atoms with E-state index >= 15 is 0 Å². The Morgan fingerprint density at radius 3 is 2.61 bits per heavy atom. The molecule has 2 aromatic heterocycles. The highest BCUT2D eigenvalue weighted by Crippen LogP contribution is 2.26. The fraction of sp³-hybridized carbons (Fsp3) is 0.263. The maximum atomic E-state index is 13.3. The number of aromatic nitrogens is 2. The van der Waals surface area contributed by atoms with Crippen LogP contribution in [0.2, 0.25) is 0 Å². The zero-order valence-corrected chi connectivity index (χ0v) is 11.8. The molecule has 1 amide bonds. The summed E-state index contributed by atoms with van der Waals surface area (Å²) in [5.41, 5.74) is -1.07. The molecule has 0 spiro atoms. The molecule has 118 valence electrons. The molecule has 0 aliphatic heterocycles. The van der Waals surface area contributed by atoms with E-state index in [0.717, 1.165) is 10.6 Å². The largest absolute Gasteiger partial charge is 0.348 e. The Labute approximate surface area is 156 Å². The Hall–Kier alpha value is -2.62. The van der Waals surface area contributed by atoms with Crippen molar-refractivity contribution in [2.75, 3.05) is 14.0 Å². The fourth-order valence-corrected chi connectivity index (χ4v) is 2.15. The van der Waals surface area contributed by atoms with Crippen LogP contribution >= 0.6 is 0 Å². The summed E-state index contributed by atoms with van der Waals surface area (Å²) in [5.74, 6) is -1.92. The van der Waals surface area contributed by atoms with E-state index in [-0.39, 0.29) is 28.0 Å². The Kier molecular flexibility index (Phi) is 1.48. The minimum Gasteiger partial charge on any atom is -0.348 e. The molecule has 0 saturated carbocycles. The highest BCUT2D eigenvalue weighted by molar-refractivity contribution is 5.81. The predicted molar refractivity (Wildman–Crippen MR) is 92.5 cm³/mol. The average Bonchev–Trinajstić information content (AvgIpc) is 3.10. The second kappa shape index (κ2) is 5.88. The molecule has 0 unspecified atom stereocenters. The van der Waals surface area contributed by atoms with Crippen LogP contribution in [0.3, 0.4) is 0 Å². The van der Waals surface area contributed by atoms with Crippen LogP contribution in [0.4, 0.5) is 0 Å². The third-order valence-corrected chi connectivity index (χ3v) is 3.21. The van der Waals surface area contributed by atoms with Gasteiger partial charge < -0.3 is 9.30 Å². The number of carbonyl (C=O) groups is 1. The van der Waals surface area contributed by atoms with Gasteiger partial charge in [-0.25, -0.2) is 4.98 Å². The number of benzene rings is 1. The van der Waals surface area contributed by atoms with E-state index in [1.54, 1.807) is 0 Å². The summed E-state index contributed by atoms with van der Waals surface area (Å²) in [6, 6.07) is 7.52. The highest BCUT2D eigenvalue weighted by Gasteiger charge is 2.18. The van der Waals surface area contributed by atoms with Gasteiger partial charge in [-0.05, 0) is 25.3 Å². The Balaban J connectivity index is 2.35. The smallest absolute Gasteiger partial charge is 0.228 e. The topological polar surface area (TPSA) is 37.6 Å². The van der Waals surface area contributed by atoms with Gasteiger partial charge in [0.15, 0.2) is 0 Å². The van der Waals surface area contributed by atoms with Crippen molar-refractivity contribution in [1.82, 2.24) is 14.3 Å². The normalized spacial score (nSPS) is 22.8. The van der Waals surface area contributed by atoms with Crippen molar-refractivity contribution < 1.29 is 24.0 Å². The molecular weight excluding hydrogens is 286 g/mol. The SMILES string of the molecule is [2H]C([2H])([2H])c1ccc(-c2nc3ccc(C([2H])([2H])[2H])cn3c2C([2H])([2H])C(=O)N(C([2H])([2H])[2H])C([2H])([2H])[2H])cc1. The minimum absolute atomic E-state index is 0.0242. The lowest BCUT2D eigenvalue weighted by molar-refractivity contribution is -0.128. The number of nitrogens with zero attached hydrogens (tertiary/aromatic N) is 3. The first-order chi connectivity index (χ1) is 16.6. The molecule has 0 fully saturated rings. The number of amides is 1. The quantitative estimate of drug-likeness (QED) is 0.742. The second-order valence-corrected chi connectivity index (χ2v) is 4.80. The molecule has 4 heteroatoms. The first-order valence-electron chi connectivity index (χ1n) is 13.5. The zero-order valence-electron chi connectivity index (χ0n) is 25.8. The fourth-order valence-electron chi connectivity index (χ4n) is 2.15. The monoisotopic (exact) mass is 321 g/mol. The number of rotatable bonds is 3. The molecule has 0 atom stereocenters. The van der Waals surface area contributed by atoms with Crippen LogP contribution in [0, 0.1) is 13.7 Å². The van der Waals surface area contributed by atoms with Gasteiger partial charge in [-0.1, -0.05) is 35.9 Å². The number of carbonyl (C=O) groups excluding carboxylic acids is 1. The molecule has 2 heterocycles. The Morgan fingerprint density at radius 2 is 1.91 bits per heavy atom. The van der Waals surface area contributed by atoms with Gasteiger partial charge in [0.25, 0.3) is 0 Å². The van der Waals surface area contributed by atoms with Crippen molar-refractivity contribution in [2.45, 2.75) is 20.1 Å². The van der Waals surface area contributed by atoms with Gasteiger partial charge in [0.05, 0.1) is 17.8 Å². The summed E-state index contributed by atoms with van der Waals surface area (Å²) in [5, 5.41) is 0. The van der Waals surface area contributed by atoms with Crippen LogP contribution in [0.5, 0.6) is 0 Å². The third-order valence-electron chi connectivity index (χ3n) is 3.21. The van der Waals surface area contributed by atoms with Crippen molar-refractivity contribution in [1.29, 1.82) is 0 Å². The van der Waals surface area contributed by atoms with Crippen LogP contribution in [0.25, 0.3) is 16.9 Å². The predicted octanol–water partition coefficient (Wildman–Crippen LogP) is 3.25. The Bertz CT molecular complexity index is 1300. The van der Waals surface area contributed by atoms with Crippen molar-refractivity contribution in [3.8, 4) is 11.3 Å². The number of aryl methyl sites for hydroxylation is 2. The number of hydrogen-bond donors (Lipinski definition) is 0. The molecule has 0 aliphatic carbocycles. The van der Waals surface area contributed by atoms with Gasteiger partial charge >= 0.3 is 0 Å². The van der Waals surface area contributed by atoms with E-state index in [4.69, 9.17) is 19.2 Å². The van der Waals surface area contributed by atoms with E-state index in [9.17, 15) is 4.79 Å². The number of pyridine rings is 1. The van der Waals surface area contributed by atoms with Gasteiger partial charge in [-0.3, -0.25) is 4.79 Å². The lowest BCUT2D eigenvalue weighted by Crippen LogP contribution is -2.24. The van der Waals surface area contributed by atoms with Gasteiger partial charge in [0, 0.05) is 44.9 Å². The van der Waals surface area contributed by atoms with Crippen LogP contribution < -0.4 is 0 Å². The van der Waals surface area contributed by atoms with Gasteiger partial charge in [0.1, 0.15) is 5.65 Å². The standard InChI is InChI=1S/C19H21N3O/c1-13-5-8-15(9-6-13)19-16(11-18(23)21(3)4)22-12-14(2)7-10-17(22)20-19/h5-10,12H,11H2,1-4H3/i1D3,2D3,3D3,4D3,11D2. The maximum Gasteiger partial charge on any atom is 0.228 e. The molecule has 0 bridgehead atoms. The molecular formula is C19H21N3O. The summed E-state index contributed by atoms with van der Waals surface area (Å²) in [4.78, 5) is 17.0. The van der Waals surface area contributed by atoms with Gasteiger partial charge in [0.2, 0.25) is 5.91 Å². The molecule has 0 radical (unpaired) electrons. The van der Waals surface area contributed by atoms with Crippen LogP contribution in [-0.2, 0) is 11.2 Å². The van der Waals surface area contributed by atoms with Gasteiger partial charge in [-0.2, -0.15) is 0 Å². The number of imidazole rings is 1. The molecule has 3 aromatic rings. The molecule has 0 saturated heterocycles. The Morgan fingerprint density at radius 1 is 1.17 bits per heavy atom. The number of fused-ring (bicyclic) bond motifs is 1. The van der Waals surface area contributed by atoms with Crippen molar-refractivity contribution in [3.05, 3.63) is 59.4 Å². The van der Waals surface area contributed by atoms with Gasteiger partial charge in [-0.15, -0.1) is 0 Å². The summed E-state index contributed by atoms with van der Waals surface area (Å²) < 4.78 is 109. The zero-order chi connectivity index (χ0) is 28.4. The molecule has 3 rings (SSSR count). The minimum atomic E-state index is -3.54. The summed E-state index contributed by atoms with van der Waals surface area (Å²) in [6.07, 6.45) is -2.33. The maximum absolute atomic E-state index is 13.3. The summed E-state index contributed by atoms with van der Waals surface area (Å²) in [6.45, 7) is -12.2. The lowest BCUT2D eigenvalue weighted by atomic mass is 10.1. The molecule has 0 aliphatic rings. The number of hydrogen-bond acceptors (Lipinski definition) is 2. The van der Waals surface area contributed by atoms with Crippen molar-refractivity contribution in [2.24, 2.45) is 0 Å². The van der Waals surface area contributed by atoms with E-state index in [1.165, 1.54) is 36.4 Å². The van der Waals surface area contributed by atoms with Crippen LogP contribution in [-0.4, -0.2) is 34.1 Å². The third kappa shape index (κ3) is 2.97. The van der Waals surface area contributed by atoms with E-state index < -0.39 is 50.5 Å². The van der Waals surface area contributed by atoms with Crippen LogP contribution in [0.1, 0.15) is 36.0 Å². The van der Waals surface area contributed by atoms with Crippen LogP contribution in [0.15, 0.2) is 42.6 Å². The van der Waals surface area contributed by atoms with Crippen molar-refractivity contribution >= 4 is 11.6 Å². The highest BCUT2D eigenvalue weighted by atomic mass is 16.2. The average molecular weight is 321 g/mol. The second-order valence-electron chi connectivity index (χ2n) is 4.80. The molecule has 1 aromatic carbocycles. The molecule has 0 N–H and O–H groups in total. The van der Waals surface area contributed by atoms with Crippen molar-refractivity contribution in [3.63, 3.8) is 0 Å². The van der Waals surface area contributed by atoms with E-state index in [2.05, 4.69) is 4.98 Å².